The first-order chi connectivity index (χ1) is 12.0. The molecule has 0 saturated heterocycles. The van der Waals surface area contributed by atoms with Gasteiger partial charge in [0, 0.05) is 5.69 Å². The molecule has 3 aromatic carbocycles. The second kappa shape index (κ2) is 5.45. The van der Waals surface area contributed by atoms with Gasteiger partial charge in [-0.3, -0.25) is 19.7 Å². The normalized spacial score (nSPS) is 12.8. The summed E-state index contributed by atoms with van der Waals surface area (Å²) in [6.07, 6.45) is 0. The highest BCUT2D eigenvalue weighted by Gasteiger charge is 2.27. The lowest BCUT2D eigenvalue weighted by atomic mass is 10.0. The van der Waals surface area contributed by atoms with Gasteiger partial charge in [-0.2, -0.15) is 0 Å². The topological polar surface area (TPSA) is 95.5 Å². The molecule has 3 N–H and O–H groups in total. The van der Waals surface area contributed by atoms with Gasteiger partial charge in [-0.05, 0) is 41.1 Å². The number of carbonyl (C=O) groups is 3. The first-order valence-electron chi connectivity index (χ1n) is 7.56. The van der Waals surface area contributed by atoms with Gasteiger partial charge < -0.3 is 10.4 Å². The molecule has 0 atom stereocenters. The minimum Gasteiger partial charge on any atom is -0.507 e. The molecule has 0 unspecified atom stereocenters. The number of imide groups is 1. The van der Waals surface area contributed by atoms with Crippen LogP contribution in [0, 0.1) is 0 Å². The minimum atomic E-state index is -0.507. The van der Waals surface area contributed by atoms with Crippen molar-refractivity contribution in [1.82, 2.24) is 5.32 Å². The smallest absolute Gasteiger partial charge is 0.259 e. The van der Waals surface area contributed by atoms with Crippen molar-refractivity contribution in [2.45, 2.75) is 0 Å². The molecule has 0 aliphatic carbocycles. The van der Waals surface area contributed by atoms with Crippen LogP contribution < -0.4 is 10.6 Å². The first-order valence-corrected chi connectivity index (χ1v) is 7.56. The van der Waals surface area contributed by atoms with Gasteiger partial charge in [-0.15, -0.1) is 0 Å². The van der Waals surface area contributed by atoms with E-state index in [2.05, 4.69) is 10.6 Å². The van der Waals surface area contributed by atoms with Crippen molar-refractivity contribution in [2.24, 2.45) is 0 Å². The van der Waals surface area contributed by atoms with Gasteiger partial charge in [0.05, 0.1) is 16.7 Å². The minimum absolute atomic E-state index is 0.125. The molecule has 3 amide bonds. The summed E-state index contributed by atoms with van der Waals surface area (Å²) in [7, 11) is 0. The molecule has 0 saturated carbocycles. The van der Waals surface area contributed by atoms with E-state index in [1.807, 2.05) is 24.3 Å². The van der Waals surface area contributed by atoms with Crippen molar-refractivity contribution in [3.63, 3.8) is 0 Å². The summed E-state index contributed by atoms with van der Waals surface area (Å²) >= 11 is 0. The number of nitrogens with one attached hydrogen (secondary N) is 2. The Bertz CT molecular complexity index is 1070. The Morgan fingerprint density at radius 3 is 2.32 bits per heavy atom. The molecule has 6 heteroatoms. The predicted octanol–water partition coefficient (Wildman–Crippen LogP) is 2.68. The quantitative estimate of drug-likeness (QED) is 0.629. The number of hydrogen-bond donors (Lipinski definition) is 3. The van der Waals surface area contributed by atoms with E-state index in [0.29, 0.717) is 5.69 Å². The van der Waals surface area contributed by atoms with Crippen LogP contribution >= 0.6 is 0 Å². The number of carbonyl (C=O) groups excluding carboxylic acids is 3. The molecule has 6 nitrogen and oxygen atoms in total. The number of rotatable bonds is 2. The van der Waals surface area contributed by atoms with Crippen molar-refractivity contribution in [3.8, 4) is 5.75 Å². The van der Waals surface area contributed by atoms with E-state index in [1.165, 1.54) is 24.3 Å². The van der Waals surface area contributed by atoms with E-state index < -0.39 is 17.7 Å². The van der Waals surface area contributed by atoms with Gasteiger partial charge in [0.2, 0.25) is 0 Å². The highest BCUT2D eigenvalue weighted by atomic mass is 16.3. The van der Waals surface area contributed by atoms with Gasteiger partial charge >= 0.3 is 0 Å². The van der Waals surface area contributed by atoms with E-state index in [1.54, 1.807) is 6.07 Å². The Kier molecular flexibility index (Phi) is 3.25. The molecule has 25 heavy (non-hydrogen) atoms. The van der Waals surface area contributed by atoms with Crippen LogP contribution in [0.25, 0.3) is 10.8 Å². The van der Waals surface area contributed by atoms with Gasteiger partial charge in [0.25, 0.3) is 17.7 Å². The number of benzene rings is 3. The Morgan fingerprint density at radius 2 is 1.56 bits per heavy atom. The zero-order chi connectivity index (χ0) is 17.6. The summed E-state index contributed by atoms with van der Waals surface area (Å²) in [6, 6.07) is 15.0. The fourth-order valence-electron chi connectivity index (χ4n) is 2.85. The lowest BCUT2D eigenvalue weighted by Gasteiger charge is -2.09. The Morgan fingerprint density at radius 1 is 0.880 bits per heavy atom. The van der Waals surface area contributed by atoms with Gasteiger partial charge in [0.1, 0.15) is 5.75 Å². The van der Waals surface area contributed by atoms with Crippen LogP contribution in [0.5, 0.6) is 5.75 Å². The molecule has 3 aromatic rings. The van der Waals surface area contributed by atoms with E-state index in [4.69, 9.17) is 0 Å². The third kappa shape index (κ3) is 2.49. The standard InChI is InChI=1S/C19H12N2O4/c22-16-8-11-4-2-1-3-10(11)7-15(16)19(25)20-12-5-6-13-14(9-12)18(24)21-17(13)23/h1-9,22H,(H,20,25)(H,21,23,24). The number of phenols is 1. The van der Waals surface area contributed by atoms with Gasteiger partial charge in [0.15, 0.2) is 0 Å². The number of hydrogen-bond acceptors (Lipinski definition) is 4. The van der Waals surface area contributed by atoms with Crippen LogP contribution in [-0.2, 0) is 0 Å². The summed E-state index contributed by atoms with van der Waals surface area (Å²) in [4.78, 5) is 35.7. The van der Waals surface area contributed by atoms with Crippen LogP contribution in [0.1, 0.15) is 31.1 Å². The average Bonchev–Trinajstić information content (AvgIpc) is 2.88. The van der Waals surface area contributed by atoms with Crippen LogP contribution in [0.3, 0.4) is 0 Å². The molecule has 0 aromatic heterocycles. The third-order valence-electron chi connectivity index (χ3n) is 4.10. The first kappa shape index (κ1) is 14.9. The third-order valence-corrected chi connectivity index (χ3v) is 4.10. The maximum absolute atomic E-state index is 12.5. The van der Waals surface area contributed by atoms with Crippen molar-refractivity contribution < 1.29 is 19.5 Å². The second-order valence-corrected chi connectivity index (χ2v) is 5.71. The van der Waals surface area contributed by atoms with E-state index >= 15 is 0 Å². The van der Waals surface area contributed by atoms with Crippen molar-refractivity contribution in [3.05, 3.63) is 71.3 Å². The molecular formula is C19H12N2O4. The number of anilines is 1. The monoisotopic (exact) mass is 332 g/mol. The Balaban J connectivity index is 1.67. The molecule has 0 bridgehead atoms. The van der Waals surface area contributed by atoms with E-state index in [-0.39, 0.29) is 22.4 Å². The van der Waals surface area contributed by atoms with Crippen molar-refractivity contribution >= 4 is 34.2 Å². The van der Waals surface area contributed by atoms with Crippen molar-refractivity contribution in [2.75, 3.05) is 5.32 Å². The summed E-state index contributed by atoms with van der Waals surface area (Å²) in [5.41, 5.74) is 0.975. The number of fused-ring (bicyclic) bond motifs is 2. The second-order valence-electron chi connectivity index (χ2n) is 5.71. The van der Waals surface area contributed by atoms with Gasteiger partial charge in [-0.1, -0.05) is 24.3 Å². The Labute approximate surface area is 142 Å². The van der Waals surface area contributed by atoms with Crippen LogP contribution in [0.2, 0.25) is 0 Å². The molecule has 1 heterocycles. The molecule has 1 aliphatic rings. The van der Waals surface area contributed by atoms with Crippen molar-refractivity contribution in [1.29, 1.82) is 0 Å². The fourth-order valence-corrected chi connectivity index (χ4v) is 2.85. The number of phenolic OH excluding ortho intramolecular Hbond substituents is 1. The van der Waals surface area contributed by atoms with Crippen LogP contribution in [0.15, 0.2) is 54.6 Å². The highest BCUT2D eigenvalue weighted by molar-refractivity contribution is 6.22. The summed E-state index contributed by atoms with van der Waals surface area (Å²) in [6.45, 7) is 0. The zero-order valence-corrected chi connectivity index (χ0v) is 12.9. The fraction of sp³-hybridized carbons (Fsp3) is 0. The van der Waals surface area contributed by atoms with Gasteiger partial charge in [-0.25, -0.2) is 0 Å². The van der Waals surface area contributed by atoms with E-state index in [9.17, 15) is 19.5 Å². The van der Waals surface area contributed by atoms with Crippen LogP contribution in [-0.4, -0.2) is 22.8 Å². The summed E-state index contributed by atoms with van der Waals surface area (Å²) in [5, 5.41) is 16.6. The molecule has 4 rings (SSSR count). The molecule has 0 radical (unpaired) electrons. The SMILES string of the molecule is O=C(Nc1ccc2c(c1)C(=O)NC2=O)c1cc2ccccc2cc1O. The highest BCUT2D eigenvalue weighted by Crippen LogP contribution is 2.26. The summed E-state index contributed by atoms with van der Waals surface area (Å²) < 4.78 is 0. The lowest BCUT2D eigenvalue weighted by Crippen LogP contribution is -2.19. The molecule has 122 valence electrons. The molecule has 0 spiro atoms. The number of aromatic hydroxyl groups is 1. The lowest BCUT2D eigenvalue weighted by molar-refractivity contribution is 0.0878. The predicted molar refractivity (Wildman–Crippen MR) is 91.8 cm³/mol. The average molecular weight is 332 g/mol. The largest absolute Gasteiger partial charge is 0.507 e. The summed E-state index contributed by atoms with van der Waals surface area (Å²) in [5.74, 6) is -1.59. The maximum atomic E-state index is 12.5. The molecular weight excluding hydrogens is 320 g/mol. The molecule has 0 fully saturated rings. The van der Waals surface area contributed by atoms with Crippen LogP contribution in [0.4, 0.5) is 5.69 Å². The maximum Gasteiger partial charge on any atom is 0.259 e. The van der Waals surface area contributed by atoms with E-state index in [0.717, 1.165) is 10.8 Å². The molecule has 1 aliphatic heterocycles. The number of amides is 3. The Hall–Kier alpha value is -3.67. The zero-order valence-electron chi connectivity index (χ0n) is 12.9.